The molecule has 1 saturated carbocycles. The van der Waals surface area contributed by atoms with Crippen molar-refractivity contribution in [2.45, 2.75) is 70.9 Å². The third kappa shape index (κ3) is 3.58. The highest BCUT2D eigenvalue weighted by atomic mass is 16.2. The van der Waals surface area contributed by atoms with Gasteiger partial charge < -0.3 is 14.8 Å². The van der Waals surface area contributed by atoms with Crippen molar-refractivity contribution in [3.05, 3.63) is 18.2 Å². The summed E-state index contributed by atoms with van der Waals surface area (Å²) in [6.07, 6.45) is 7.94. The Kier molecular flexibility index (Phi) is 4.89. The van der Waals surface area contributed by atoms with E-state index in [0.717, 1.165) is 38.1 Å². The van der Waals surface area contributed by atoms with Gasteiger partial charge in [0.15, 0.2) is 0 Å². The maximum Gasteiger partial charge on any atom is 0.248 e. The first-order chi connectivity index (χ1) is 11.8. The lowest BCUT2D eigenvalue weighted by atomic mass is 9.92. The number of carbonyl (C=O) groups excluding carboxylic acids is 2. The van der Waals surface area contributed by atoms with Crippen molar-refractivity contribution in [3.8, 4) is 0 Å². The summed E-state index contributed by atoms with van der Waals surface area (Å²) < 4.78 is 2.23. The highest BCUT2D eigenvalue weighted by Gasteiger charge is 2.50. The Hall–Kier alpha value is -1.85. The quantitative estimate of drug-likeness (QED) is 0.890. The van der Waals surface area contributed by atoms with E-state index in [9.17, 15) is 9.59 Å². The van der Waals surface area contributed by atoms with Gasteiger partial charge in [-0.1, -0.05) is 13.8 Å². The molecule has 138 valence electrons. The molecule has 0 radical (unpaired) electrons. The molecule has 6 heteroatoms. The molecule has 2 amide bonds. The Morgan fingerprint density at radius 2 is 2.04 bits per heavy atom. The third-order valence-corrected chi connectivity index (χ3v) is 5.57. The highest BCUT2D eigenvalue weighted by Crippen LogP contribution is 2.41. The lowest BCUT2D eigenvalue weighted by molar-refractivity contribution is -0.143. The van der Waals surface area contributed by atoms with Crippen LogP contribution in [0.5, 0.6) is 0 Å². The van der Waals surface area contributed by atoms with Gasteiger partial charge in [-0.3, -0.25) is 9.59 Å². The number of piperidine rings is 1. The van der Waals surface area contributed by atoms with Crippen molar-refractivity contribution in [3.63, 3.8) is 0 Å². The molecule has 25 heavy (non-hydrogen) atoms. The summed E-state index contributed by atoms with van der Waals surface area (Å²) >= 11 is 0. The van der Waals surface area contributed by atoms with Gasteiger partial charge in [0.05, 0.1) is 6.04 Å². The normalized spacial score (nSPS) is 23.4. The first-order valence-electron chi connectivity index (χ1n) is 9.43. The molecular weight excluding hydrogens is 316 g/mol. The predicted molar refractivity (Wildman–Crippen MR) is 96.1 cm³/mol. The van der Waals surface area contributed by atoms with E-state index in [-0.39, 0.29) is 23.8 Å². The van der Waals surface area contributed by atoms with Gasteiger partial charge in [0.2, 0.25) is 11.8 Å². The number of nitrogens with one attached hydrogen (secondary N) is 1. The summed E-state index contributed by atoms with van der Waals surface area (Å²) in [7, 11) is 0. The van der Waals surface area contributed by atoms with Gasteiger partial charge in [-0.2, -0.15) is 0 Å². The van der Waals surface area contributed by atoms with Crippen LogP contribution in [0.2, 0.25) is 0 Å². The van der Waals surface area contributed by atoms with Crippen molar-refractivity contribution in [1.82, 2.24) is 19.8 Å². The molecule has 2 aliphatic rings. The molecule has 1 aliphatic carbocycles. The summed E-state index contributed by atoms with van der Waals surface area (Å²) in [5.74, 6) is 1.64. The van der Waals surface area contributed by atoms with Crippen LogP contribution in [0.15, 0.2) is 12.4 Å². The summed E-state index contributed by atoms with van der Waals surface area (Å²) in [6.45, 7) is 9.14. The zero-order valence-electron chi connectivity index (χ0n) is 15.8. The average molecular weight is 346 g/mol. The summed E-state index contributed by atoms with van der Waals surface area (Å²) in [5.41, 5.74) is -0.760. The summed E-state index contributed by atoms with van der Waals surface area (Å²) in [5, 5.41) is 2.95. The van der Waals surface area contributed by atoms with Crippen LogP contribution < -0.4 is 5.32 Å². The maximum atomic E-state index is 13.3. The number of hydrogen-bond acceptors (Lipinski definition) is 3. The largest absolute Gasteiger partial charge is 0.342 e. The fourth-order valence-corrected chi connectivity index (χ4v) is 4.13. The lowest BCUT2D eigenvalue weighted by Gasteiger charge is -2.40. The van der Waals surface area contributed by atoms with Crippen LogP contribution in [0.25, 0.3) is 0 Å². The SMILES string of the molecule is CC(=O)N[C@@](C)(C(=O)N1CCC[C@H](n2ccnc2C(C)C)C1)C1CC1. The minimum atomic E-state index is -0.760. The van der Waals surface area contributed by atoms with Crippen molar-refractivity contribution < 1.29 is 9.59 Å². The molecule has 1 aliphatic heterocycles. The first kappa shape index (κ1) is 18.0. The molecule has 2 atom stereocenters. The Bertz CT molecular complexity index is 650. The van der Waals surface area contributed by atoms with Crippen molar-refractivity contribution in [2.75, 3.05) is 13.1 Å². The number of aromatic nitrogens is 2. The number of rotatable bonds is 5. The molecule has 1 aromatic heterocycles. The van der Waals surface area contributed by atoms with E-state index >= 15 is 0 Å². The van der Waals surface area contributed by atoms with Crippen LogP contribution in [0.4, 0.5) is 0 Å². The van der Waals surface area contributed by atoms with E-state index in [2.05, 4.69) is 28.7 Å². The van der Waals surface area contributed by atoms with E-state index in [4.69, 9.17) is 0 Å². The van der Waals surface area contributed by atoms with Gasteiger partial charge >= 0.3 is 0 Å². The Morgan fingerprint density at radius 3 is 2.64 bits per heavy atom. The Balaban J connectivity index is 1.77. The minimum Gasteiger partial charge on any atom is -0.342 e. The molecule has 1 saturated heterocycles. The van der Waals surface area contributed by atoms with Crippen LogP contribution in [-0.2, 0) is 9.59 Å². The molecule has 0 unspecified atom stereocenters. The van der Waals surface area contributed by atoms with Gasteiger partial charge in [0, 0.05) is 38.3 Å². The molecule has 2 fully saturated rings. The number of nitrogens with zero attached hydrogens (tertiary/aromatic N) is 3. The van der Waals surface area contributed by atoms with Gasteiger partial charge in [-0.15, -0.1) is 0 Å². The molecule has 1 N–H and O–H groups in total. The van der Waals surface area contributed by atoms with Gasteiger partial charge in [-0.25, -0.2) is 4.98 Å². The molecule has 1 aromatic rings. The lowest BCUT2D eigenvalue weighted by Crippen LogP contribution is -2.60. The van der Waals surface area contributed by atoms with Crippen molar-refractivity contribution >= 4 is 11.8 Å². The summed E-state index contributed by atoms with van der Waals surface area (Å²) in [6, 6.07) is 0.262. The molecule has 0 bridgehead atoms. The molecule has 0 aromatic carbocycles. The smallest absolute Gasteiger partial charge is 0.248 e. The van der Waals surface area contributed by atoms with Crippen LogP contribution in [0, 0.1) is 5.92 Å². The molecule has 0 spiro atoms. The zero-order chi connectivity index (χ0) is 18.2. The number of hydrogen-bond donors (Lipinski definition) is 1. The maximum absolute atomic E-state index is 13.3. The molecule has 2 heterocycles. The second-order valence-corrected chi connectivity index (χ2v) is 8.05. The van der Waals surface area contributed by atoms with E-state index in [1.54, 1.807) is 0 Å². The fourth-order valence-electron chi connectivity index (χ4n) is 4.13. The Labute approximate surface area is 150 Å². The number of amides is 2. The average Bonchev–Trinajstić information content (AvgIpc) is 3.30. The second-order valence-electron chi connectivity index (χ2n) is 8.05. The summed E-state index contributed by atoms with van der Waals surface area (Å²) in [4.78, 5) is 31.4. The van der Waals surface area contributed by atoms with Gasteiger partial charge in [0.25, 0.3) is 0 Å². The van der Waals surface area contributed by atoms with E-state index in [0.29, 0.717) is 12.5 Å². The second kappa shape index (κ2) is 6.81. The number of carbonyl (C=O) groups is 2. The number of likely N-dealkylation sites (tertiary alicyclic amines) is 1. The minimum absolute atomic E-state index is 0.0705. The van der Waals surface area contributed by atoms with Gasteiger partial charge in [0.1, 0.15) is 11.4 Å². The molecule has 3 rings (SSSR count). The predicted octanol–water partition coefficient (Wildman–Crippen LogP) is 2.47. The zero-order valence-corrected chi connectivity index (χ0v) is 15.8. The van der Waals surface area contributed by atoms with Crippen LogP contribution >= 0.6 is 0 Å². The fraction of sp³-hybridized carbons (Fsp3) is 0.737. The monoisotopic (exact) mass is 346 g/mol. The molecule has 6 nitrogen and oxygen atoms in total. The highest BCUT2D eigenvalue weighted by molar-refractivity contribution is 5.91. The first-order valence-corrected chi connectivity index (χ1v) is 9.43. The van der Waals surface area contributed by atoms with E-state index < -0.39 is 5.54 Å². The van der Waals surface area contributed by atoms with Crippen molar-refractivity contribution in [2.24, 2.45) is 5.92 Å². The van der Waals surface area contributed by atoms with Crippen LogP contribution in [-0.4, -0.2) is 44.9 Å². The third-order valence-electron chi connectivity index (χ3n) is 5.57. The van der Waals surface area contributed by atoms with Crippen LogP contribution in [0.3, 0.4) is 0 Å². The van der Waals surface area contributed by atoms with E-state index in [1.807, 2.05) is 24.2 Å². The van der Waals surface area contributed by atoms with E-state index in [1.165, 1.54) is 6.92 Å². The standard InChI is InChI=1S/C19H30N4O2/c1-13(2)17-20-9-11-23(17)16-6-5-10-22(12-16)18(25)19(4,15-7-8-15)21-14(3)24/h9,11,13,15-16H,5-8,10,12H2,1-4H3,(H,21,24)/t16-,19+/m0/s1. The van der Waals surface area contributed by atoms with Crippen LogP contribution in [0.1, 0.15) is 71.2 Å². The van der Waals surface area contributed by atoms with Crippen molar-refractivity contribution in [1.29, 1.82) is 0 Å². The Morgan fingerprint density at radius 1 is 1.32 bits per heavy atom. The van der Waals surface area contributed by atoms with Gasteiger partial charge in [-0.05, 0) is 38.5 Å². The topological polar surface area (TPSA) is 67.2 Å². The molecular formula is C19H30N4O2. The number of imidazole rings is 1.